The number of carbonyl (C=O) groups is 1. The number of alkyl halides is 3. The molecule has 3 N–H and O–H groups in total. The summed E-state index contributed by atoms with van der Waals surface area (Å²) in [6.07, 6.45) is -4.36. The van der Waals surface area contributed by atoms with Crippen molar-refractivity contribution in [2.24, 2.45) is 11.1 Å². The number of amides is 1. The summed E-state index contributed by atoms with van der Waals surface area (Å²) >= 11 is 0. The van der Waals surface area contributed by atoms with Gasteiger partial charge in [0.15, 0.2) is 0 Å². The van der Waals surface area contributed by atoms with Gasteiger partial charge < -0.3 is 15.8 Å². The van der Waals surface area contributed by atoms with Crippen LogP contribution in [0.25, 0.3) is 0 Å². The average Bonchev–Trinajstić information content (AvgIpc) is 2.77. The lowest BCUT2D eigenvalue weighted by molar-refractivity contribution is -0.137. The third kappa shape index (κ3) is 3.36. The number of hydrogen-bond acceptors (Lipinski definition) is 3. The van der Waals surface area contributed by atoms with E-state index in [-0.39, 0.29) is 25.1 Å². The summed E-state index contributed by atoms with van der Waals surface area (Å²) in [7, 11) is 0. The Kier molecular flexibility index (Phi) is 4.25. The number of hydrogen-bond donors (Lipinski definition) is 2. The second-order valence-electron chi connectivity index (χ2n) is 5.42. The molecule has 116 valence electrons. The van der Waals surface area contributed by atoms with Crippen LogP contribution in [-0.4, -0.2) is 25.2 Å². The van der Waals surface area contributed by atoms with Gasteiger partial charge in [-0.2, -0.15) is 13.2 Å². The number of carbonyl (C=O) groups excluding carboxylic acids is 1. The standard InChI is InChI=1S/C14H17F3N2O2/c1-13(8-21-7-11(13)18)12(20)19-6-9-2-4-10(5-3-9)14(15,16)17/h2-5,11H,6-8,18H2,1H3,(H,19,20). The number of nitrogens with two attached hydrogens (primary N) is 1. The molecule has 2 unspecified atom stereocenters. The SMILES string of the molecule is CC1(C(=O)NCc2ccc(C(F)(F)F)cc2)COCC1N. The van der Waals surface area contributed by atoms with Gasteiger partial charge in [-0.05, 0) is 24.6 Å². The van der Waals surface area contributed by atoms with Crippen LogP contribution in [0.3, 0.4) is 0 Å². The average molecular weight is 302 g/mol. The van der Waals surface area contributed by atoms with E-state index in [1.54, 1.807) is 6.92 Å². The Balaban J connectivity index is 1.96. The summed E-state index contributed by atoms with van der Waals surface area (Å²) in [4.78, 5) is 12.1. The van der Waals surface area contributed by atoms with Gasteiger partial charge in [-0.15, -0.1) is 0 Å². The quantitative estimate of drug-likeness (QED) is 0.893. The normalized spacial score (nSPS) is 25.9. The predicted octanol–water partition coefficient (Wildman–Crippen LogP) is 1.69. The fraction of sp³-hybridized carbons (Fsp3) is 0.500. The molecule has 1 aliphatic rings. The van der Waals surface area contributed by atoms with Gasteiger partial charge in [-0.1, -0.05) is 12.1 Å². The van der Waals surface area contributed by atoms with Crippen LogP contribution < -0.4 is 11.1 Å². The molecule has 1 aliphatic heterocycles. The van der Waals surface area contributed by atoms with Crippen LogP contribution in [0.4, 0.5) is 13.2 Å². The van der Waals surface area contributed by atoms with E-state index < -0.39 is 17.2 Å². The van der Waals surface area contributed by atoms with Gasteiger partial charge in [-0.3, -0.25) is 4.79 Å². The fourth-order valence-electron chi connectivity index (χ4n) is 2.12. The van der Waals surface area contributed by atoms with Gasteiger partial charge in [0.2, 0.25) is 5.91 Å². The summed E-state index contributed by atoms with van der Waals surface area (Å²) in [6.45, 7) is 2.43. The molecular formula is C14H17F3N2O2. The smallest absolute Gasteiger partial charge is 0.379 e. The minimum atomic E-state index is -4.36. The van der Waals surface area contributed by atoms with E-state index in [0.29, 0.717) is 12.2 Å². The Morgan fingerprint density at radius 1 is 1.43 bits per heavy atom. The molecule has 7 heteroatoms. The third-order valence-electron chi connectivity index (χ3n) is 3.77. The van der Waals surface area contributed by atoms with Crippen molar-refractivity contribution >= 4 is 5.91 Å². The predicted molar refractivity (Wildman–Crippen MR) is 70.2 cm³/mol. The van der Waals surface area contributed by atoms with E-state index >= 15 is 0 Å². The van der Waals surface area contributed by atoms with Crippen molar-refractivity contribution in [2.45, 2.75) is 25.7 Å². The first-order valence-corrected chi connectivity index (χ1v) is 6.51. The number of rotatable bonds is 3. The van der Waals surface area contributed by atoms with Gasteiger partial charge in [0.25, 0.3) is 0 Å². The topological polar surface area (TPSA) is 64.3 Å². The zero-order valence-electron chi connectivity index (χ0n) is 11.5. The highest BCUT2D eigenvalue weighted by Gasteiger charge is 2.44. The van der Waals surface area contributed by atoms with Gasteiger partial charge >= 0.3 is 6.18 Å². The summed E-state index contributed by atoms with van der Waals surface area (Å²) in [5.41, 5.74) is 4.92. The molecule has 0 bridgehead atoms. The van der Waals surface area contributed by atoms with Crippen LogP contribution in [0.1, 0.15) is 18.1 Å². The van der Waals surface area contributed by atoms with Crippen molar-refractivity contribution in [1.29, 1.82) is 0 Å². The lowest BCUT2D eigenvalue weighted by Gasteiger charge is -2.25. The van der Waals surface area contributed by atoms with E-state index in [0.717, 1.165) is 12.1 Å². The molecule has 0 spiro atoms. The number of ether oxygens (including phenoxy) is 1. The minimum Gasteiger partial charge on any atom is -0.379 e. The number of benzene rings is 1. The second-order valence-corrected chi connectivity index (χ2v) is 5.42. The molecule has 2 atom stereocenters. The molecular weight excluding hydrogens is 285 g/mol. The van der Waals surface area contributed by atoms with Crippen molar-refractivity contribution in [3.8, 4) is 0 Å². The van der Waals surface area contributed by atoms with Crippen LogP contribution in [0.5, 0.6) is 0 Å². The number of halogens is 3. The van der Waals surface area contributed by atoms with E-state index in [1.165, 1.54) is 12.1 Å². The lowest BCUT2D eigenvalue weighted by atomic mass is 9.85. The largest absolute Gasteiger partial charge is 0.416 e. The highest BCUT2D eigenvalue weighted by atomic mass is 19.4. The van der Waals surface area contributed by atoms with Crippen molar-refractivity contribution in [3.05, 3.63) is 35.4 Å². The van der Waals surface area contributed by atoms with Crippen LogP contribution in [0.15, 0.2) is 24.3 Å². The van der Waals surface area contributed by atoms with Crippen molar-refractivity contribution in [3.63, 3.8) is 0 Å². The minimum absolute atomic E-state index is 0.152. The Hall–Kier alpha value is -1.60. The van der Waals surface area contributed by atoms with Crippen LogP contribution in [0.2, 0.25) is 0 Å². The molecule has 0 aliphatic carbocycles. The summed E-state index contributed by atoms with van der Waals surface area (Å²) in [6, 6.07) is 4.29. The first-order valence-electron chi connectivity index (χ1n) is 6.51. The van der Waals surface area contributed by atoms with Crippen LogP contribution in [-0.2, 0) is 22.3 Å². The monoisotopic (exact) mass is 302 g/mol. The molecule has 1 fully saturated rings. The molecule has 0 aromatic heterocycles. The lowest BCUT2D eigenvalue weighted by Crippen LogP contribution is -2.49. The van der Waals surface area contributed by atoms with Crippen molar-refractivity contribution in [2.75, 3.05) is 13.2 Å². The molecule has 0 saturated carbocycles. The maximum atomic E-state index is 12.4. The Labute approximate surface area is 120 Å². The fourth-order valence-corrected chi connectivity index (χ4v) is 2.12. The zero-order valence-corrected chi connectivity index (χ0v) is 11.5. The van der Waals surface area contributed by atoms with Crippen molar-refractivity contribution in [1.82, 2.24) is 5.32 Å². The summed E-state index contributed by atoms with van der Waals surface area (Å²) in [5, 5.41) is 2.69. The first-order chi connectivity index (χ1) is 9.73. The van der Waals surface area contributed by atoms with Gasteiger partial charge in [0.1, 0.15) is 0 Å². The van der Waals surface area contributed by atoms with Crippen molar-refractivity contribution < 1.29 is 22.7 Å². The molecule has 1 aromatic rings. The molecule has 1 heterocycles. The van der Waals surface area contributed by atoms with Gasteiger partial charge in [0, 0.05) is 12.6 Å². The van der Waals surface area contributed by atoms with Gasteiger partial charge in [-0.25, -0.2) is 0 Å². The van der Waals surface area contributed by atoms with E-state index in [1.807, 2.05) is 0 Å². The van der Waals surface area contributed by atoms with E-state index in [4.69, 9.17) is 10.5 Å². The Bertz CT molecular complexity index is 516. The maximum absolute atomic E-state index is 12.4. The Morgan fingerprint density at radius 2 is 2.05 bits per heavy atom. The Morgan fingerprint density at radius 3 is 2.52 bits per heavy atom. The molecule has 21 heavy (non-hydrogen) atoms. The maximum Gasteiger partial charge on any atom is 0.416 e. The van der Waals surface area contributed by atoms with E-state index in [9.17, 15) is 18.0 Å². The molecule has 2 rings (SSSR count). The molecule has 1 aromatic carbocycles. The second kappa shape index (κ2) is 5.65. The van der Waals surface area contributed by atoms with E-state index in [2.05, 4.69) is 5.32 Å². The zero-order chi connectivity index (χ0) is 15.7. The van der Waals surface area contributed by atoms with Gasteiger partial charge in [0.05, 0.1) is 24.2 Å². The highest BCUT2D eigenvalue weighted by Crippen LogP contribution is 2.29. The summed E-state index contributed by atoms with van der Waals surface area (Å²) in [5.74, 6) is -0.257. The molecule has 1 amide bonds. The number of nitrogens with one attached hydrogen (secondary N) is 1. The van der Waals surface area contributed by atoms with Crippen LogP contribution >= 0.6 is 0 Å². The van der Waals surface area contributed by atoms with Crippen LogP contribution in [0, 0.1) is 5.41 Å². The third-order valence-corrected chi connectivity index (χ3v) is 3.77. The summed E-state index contributed by atoms with van der Waals surface area (Å²) < 4.78 is 42.5. The first kappa shape index (κ1) is 15.8. The molecule has 0 radical (unpaired) electrons. The molecule has 4 nitrogen and oxygen atoms in total. The highest BCUT2D eigenvalue weighted by molar-refractivity contribution is 5.83. The molecule has 1 saturated heterocycles.